The van der Waals surface area contributed by atoms with Gasteiger partial charge in [-0.2, -0.15) is 0 Å². The highest BCUT2D eigenvalue weighted by atomic mass is 16.1. The van der Waals surface area contributed by atoms with Crippen LogP contribution in [0.3, 0.4) is 0 Å². The Morgan fingerprint density at radius 3 is 2.86 bits per heavy atom. The summed E-state index contributed by atoms with van der Waals surface area (Å²) in [6.07, 6.45) is 2.95. The van der Waals surface area contributed by atoms with Crippen LogP contribution >= 0.6 is 0 Å². The van der Waals surface area contributed by atoms with Gasteiger partial charge in [0.15, 0.2) is 0 Å². The minimum atomic E-state index is -0.0709. The predicted molar refractivity (Wildman–Crippen MR) is 85.6 cm³/mol. The van der Waals surface area contributed by atoms with Gasteiger partial charge in [0.05, 0.1) is 12.5 Å². The molecule has 0 aliphatic carbocycles. The van der Waals surface area contributed by atoms with Crippen LogP contribution in [0.1, 0.15) is 18.9 Å². The van der Waals surface area contributed by atoms with Crippen molar-refractivity contribution < 1.29 is 9.59 Å². The number of likely N-dealkylation sites (N-methyl/N-ethyl adjacent to an activating group) is 1. The van der Waals surface area contributed by atoms with Gasteiger partial charge >= 0.3 is 0 Å². The normalized spacial score (nSPS) is 22.1. The molecule has 1 aromatic carbocycles. The van der Waals surface area contributed by atoms with E-state index in [4.69, 9.17) is 0 Å². The predicted octanol–water partition coefficient (Wildman–Crippen LogP) is 1.49. The lowest BCUT2D eigenvalue weighted by Crippen LogP contribution is -2.37. The molecule has 3 rings (SSSR count). The van der Waals surface area contributed by atoms with Crippen molar-refractivity contribution in [2.75, 3.05) is 13.6 Å². The van der Waals surface area contributed by atoms with Gasteiger partial charge in [0, 0.05) is 29.7 Å². The van der Waals surface area contributed by atoms with Gasteiger partial charge in [0.1, 0.15) is 5.78 Å². The number of carbonyl (C=O) groups excluding carboxylic acids is 2. The van der Waals surface area contributed by atoms with Crippen molar-refractivity contribution >= 4 is 22.6 Å². The van der Waals surface area contributed by atoms with Gasteiger partial charge in [-0.1, -0.05) is 18.2 Å². The molecule has 0 bridgehead atoms. The summed E-state index contributed by atoms with van der Waals surface area (Å²) in [7, 11) is 1.93. The van der Waals surface area contributed by atoms with E-state index in [1.807, 2.05) is 42.4 Å². The van der Waals surface area contributed by atoms with Crippen molar-refractivity contribution in [2.24, 2.45) is 0 Å². The number of carbonyl (C=O) groups is 2. The number of H-pyrrole nitrogens is 1. The van der Waals surface area contributed by atoms with E-state index in [2.05, 4.69) is 10.3 Å². The van der Waals surface area contributed by atoms with E-state index in [1.165, 1.54) is 0 Å². The summed E-state index contributed by atoms with van der Waals surface area (Å²) in [4.78, 5) is 29.0. The minimum Gasteiger partial charge on any atom is -0.361 e. The molecule has 0 radical (unpaired) electrons. The van der Waals surface area contributed by atoms with E-state index in [9.17, 15) is 9.59 Å². The van der Waals surface area contributed by atoms with Crippen molar-refractivity contribution in [1.82, 2.24) is 15.2 Å². The highest BCUT2D eigenvalue weighted by Gasteiger charge is 2.33. The van der Waals surface area contributed by atoms with Crippen LogP contribution in [0.15, 0.2) is 30.5 Å². The Bertz CT molecular complexity index is 707. The topological polar surface area (TPSA) is 65.2 Å². The third-order valence-corrected chi connectivity index (χ3v) is 4.41. The van der Waals surface area contributed by atoms with Crippen LogP contribution in [0.5, 0.6) is 0 Å². The SMILES string of the molecule is CC(=O)[C@@H]1C[C@@H](NC(=O)Cc2c[nH]c3ccccc23)CN1C. The van der Waals surface area contributed by atoms with Gasteiger partial charge in [-0.05, 0) is 32.0 Å². The van der Waals surface area contributed by atoms with Crippen LogP contribution in [0.4, 0.5) is 0 Å². The summed E-state index contributed by atoms with van der Waals surface area (Å²) < 4.78 is 0. The third-order valence-electron chi connectivity index (χ3n) is 4.41. The average Bonchev–Trinajstić information content (AvgIpc) is 3.03. The van der Waals surface area contributed by atoms with Crippen molar-refractivity contribution in [2.45, 2.75) is 31.8 Å². The number of aromatic nitrogens is 1. The molecule has 0 spiro atoms. The monoisotopic (exact) mass is 299 g/mol. The molecule has 5 heteroatoms. The van der Waals surface area contributed by atoms with Crippen LogP contribution in [-0.4, -0.2) is 47.3 Å². The number of benzene rings is 1. The number of Topliss-reactive ketones (excluding diaryl/α,β-unsaturated/α-hetero) is 1. The average molecular weight is 299 g/mol. The van der Waals surface area contributed by atoms with Crippen LogP contribution in [0, 0.1) is 0 Å². The number of ketones is 1. The highest BCUT2D eigenvalue weighted by Crippen LogP contribution is 2.19. The Morgan fingerprint density at radius 2 is 2.14 bits per heavy atom. The number of nitrogens with zero attached hydrogens (tertiary/aromatic N) is 1. The standard InChI is InChI=1S/C17H21N3O2/c1-11(21)16-8-13(10-20(16)2)19-17(22)7-12-9-18-15-6-4-3-5-14(12)15/h3-6,9,13,16,18H,7-8,10H2,1-2H3,(H,19,22)/t13-,16+/m1/s1. The Hall–Kier alpha value is -2.14. The first-order valence-electron chi connectivity index (χ1n) is 7.59. The van der Waals surface area contributed by atoms with E-state index in [0.717, 1.165) is 23.0 Å². The fourth-order valence-corrected chi connectivity index (χ4v) is 3.31. The number of aromatic amines is 1. The number of nitrogens with one attached hydrogen (secondary N) is 2. The van der Waals surface area contributed by atoms with Gasteiger partial charge in [-0.15, -0.1) is 0 Å². The number of rotatable bonds is 4. The van der Waals surface area contributed by atoms with Gasteiger partial charge in [-0.3, -0.25) is 14.5 Å². The minimum absolute atomic E-state index is 0.00681. The molecule has 1 aliphatic heterocycles. The number of fused-ring (bicyclic) bond motifs is 1. The molecule has 22 heavy (non-hydrogen) atoms. The van der Waals surface area contributed by atoms with Crippen LogP contribution < -0.4 is 5.32 Å². The largest absolute Gasteiger partial charge is 0.361 e. The lowest BCUT2D eigenvalue weighted by molar-refractivity contribution is -0.122. The number of hydrogen-bond donors (Lipinski definition) is 2. The molecule has 1 fully saturated rings. The summed E-state index contributed by atoms with van der Waals surface area (Å²) in [6, 6.07) is 7.94. The second kappa shape index (κ2) is 5.93. The van der Waals surface area contributed by atoms with E-state index >= 15 is 0 Å². The molecular formula is C17H21N3O2. The quantitative estimate of drug-likeness (QED) is 0.899. The maximum Gasteiger partial charge on any atom is 0.224 e. The Balaban J connectivity index is 1.63. The first-order chi connectivity index (χ1) is 10.5. The molecule has 0 saturated carbocycles. The van der Waals surface area contributed by atoms with Crippen LogP contribution in [0.25, 0.3) is 10.9 Å². The van der Waals surface area contributed by atoms with Crippen LogP contribution in [0.2, 0.25) is 0 Å². The van der Waals surface area contributed by atoms with Crippen molar-refractivity contribution in [3.8, 4) is 0 Å². The lowest BCUT2D eigenvalue weighted by Gasteiger charge is -2.14. The lowest BCUT2D eigenvalue weighted by atomic mass is 10.1. The molecule has 2 aromatic rings. The molecule has 1 saturated heterocycles. The van der Waals surface area contributed by atoms with Gasteiger partial charge in [0.25, 0.3) is 0 Å². The maximum atomic E-state index is 12.3. The molecule has 2 N–H and O–H groups in total. The van der Waals surface area contributed by atoms with Gasteiger partial charge < -0.3 is 10.3 Å². The molecule has 1 aromatic heterocycles. The molecule has 116 valence electrons. The molecular weight excluding hydrogens is 278 g/mol. The maximum absolute atomic E-state index is 12.3. The summed E-state index contributed by atoms with van der Waals surface area (Å²) >= 11 is 0. The number of amides is 1. The highest BCUT2D eigenvalue weighted by molar-refractivity contribution is 5.89. The second-order valence-electron chi connectivity index (χ2n) is 6.10. The first-order valence-corrected chi connectivity index (χ1v) is 7.59. The molecule has 1 aliphatic rings. The van der Waals surface area contributed by atoms with Gasteiger partial charge in [0.2, 0.25) is 5.91 Å². The smallest absolute Gasteiger partial charge is 0.224 e. The Labute approximate surface area is 129 Å². The molecule has 2 atom stereocenters. The number of para-hydroxylation sites is 1. The fraction of sp³-hybridized carbons (Fsp3) is 0.412. The summed E-state index contributed by atoms with van der Waals surface area (Å²) in [5, 5.41) is 4.14. The summed E-state index contributed by atoms with van der Waals surface area (Å²) in [6.45, 7) is 2.33. The van der Waals surface area contributed by atoms with Crippen LogP contribution in [-0.2, 0) is 16.0 Å². The van der Waals surface area contributed by atoms with E-state index in [-0.39, 0.29) is 23.8 Å². The van der Waals surface area contributed by atoms with Crippen molar-refractivity contribution in [3.63, 3.8) is 0 Å². The molecule has 5 nitrogen and oxygen atoms in total. The summed E-state index contributed by atoms with van der Waals surface area (Å²) in [5.74, 6) is 0.170. The zero-order valence-electron chi connectivity index (χ0n) is 12.9. The van der Waals surface area contributed by atoms with E-state index in [1.54, 1.807) is 6.92 Å². The second-order valence-corrected chi connectivity index (χ2v) is 6.10. The van der Waals surface area contributed by atoms with Gasteiger partial charge in [-0.25, -0.2) is 0 Å². The Morgan fingerprint density at radius 1 is 1.36 bits per heavy atom. The van der Waals surface area contributed by atoms with E-state index < -0.39 is 0 Å². The first kappa shape index (κ1) is 14.8. The zero-order chi connectivity index (χ0) is 15.7. The van der Waals surface area contributed by atoms with Crippen molar-refractivity contribution in [1.29, 1.82) is 0 Å². The zero-order valence-corrected chi connectivity index (χ0v) is 12.9. The number of likely N-dealkylation sites (tertiary alicyclic amines) is 1. The van der Waals surface area contributed by atoms with Crippen molar-refractivity contribution in [3.05, 3.63) is 36.0 Å². The number of hydrogen-bond acceptors (Lipinski definition) is 3. The third kappa shape index (κ3) is 2.90. The molecule has 2 heterocycles. The fourth-order valence-electron chi connectivity index (χ4n) is 3.31. The Kier molecular flexibility index (Phi) is 3.98. The molecule has 1 amide bonds. The summed E-state index contributed by atoms with van der Waals surface area (Å²) in [5.41, 5.74) is 2.05. The van der Waals surface area contributed by atoms with E-state index in [0.29, 0.717) is 12.8 Å². The molecule has 0 unspecified atom stereocenters.